The highest BCUT2D eigenvalue weighted by Gasteiger charge is 2.20. The Kier molecular flexibility index (Phi) is 6.11. The summed E-state index contributed by atoms with van der Waals surface area (Å²) in [5, 5.41) is 0.657. The normalized spacial score (nSPS) is 12.1. The van der Waals surface area contributed by atoms with E-state index < -0.39 is 33.0 Å². The van der Waals surface area contributed by atoms with E-state index in [0.717, 1.165) is 18.3 Å². The zero-order chi connectivity index (χ0) is 19.3. The maximum atomic E-state index is 14.6. The number of nitrogens with two attached hydrogens (primary N) is 2. The van der Waals surface area contributed by atoms with Gasteiger partial charge in [-0.3, -0.25) is 14.7 Å². The van der Waals surface area contributed by atoms with Crippen LogP contribution < -0.4 is 21.3 Å². The molecule has 0 aliphatic carbocycles. The number of hydrogen-bond acceptors (Lipinski definition) is 6. The summed E-state index contributed by atoms with van der Waals surface area (Å²) in [6.07, 6.45) is 4.46. The van der Waals surface area contributed by atoms with E-state index in [1.54, 1.807) is 25.3 Å². The predicted octanol–water partition coefficient (Wildman–Crippen LogP) is 2.39. The van der Waals surface area contributed by atoms with Gasteiger partial charge in [0, 0.05) is 25.6 Å². The zero-order valence-corrected chi connectivity index (χ0v) is 14.8. The van der Waals surface area contributed by atoms with E-state index in [-0.39, 0.29) is 12.9 Å². The topological polar surface area (TPSA) is 114 Å². The summed E-state index contributed by atoms with van der Waals surface area (Å²) in [5.41, 5.74) is 5.43. The molecule has 0 aliphatic heterocycles. The van der Waals surface area contributed by atoms with Crippen molar-refractivity contribution in [1.82, 2.24) is 4.98 Å². The van der Waals surface area contributed by atoms with Gasteiger partial charge in [0.1, 0.15) is 5.69 Å². The number of halogens is 2. The summed E-state index contributed by atoms with van der Waals surface area (Å²) in [7, 11) is -3.75. The molecular weight excluding hydrogens is 364 g/mol. The van der Waals surface area contributed by atoms with Crippen LogP contribution in [0.25, 0.3) is 5.70 Å². The second-order valence-electron chi connectivity index (χ2n) is 5.41. The molecule has 142 valence electrons. The van der Waals surface area contributed by atoms with Crippen molar-refractivity contribution in [2.24, 2.45) is 11.6 Å². The van der Waals surface area contributed by atoms with Crippen LogP contribution in [0.15, 0.2) is 42.9 Å². The molecule has 2 rings (SSSR count). The summed E-state index contributed by atoms with van der Waals surface area (Å²) in [4.78, 5) is 3.89. The lowest BCUT2D eigenvalue weighted by Crippen LogP contribution is -2.28. The Morgan fingerprint density at radius 3 is 2.73 bits per heavy atom. The number of aromatic nitrogens is 1. The van der Waals surface area contributed by atoms with Gasteiger partial charge < -0.3 is 5.73 Å². The highest BCUT2D eigenvalue weighted by Crippen LogP contribution is 2.29. The highest BCUT2D eigenvalue weighted by molar-refractivity contribution is 7.92. The zero-order valence-electron chi connectivity index (χ0n) is 14.0. The largest absolute Gasteiger partial charge is 0.397 e. The lowest BCUT2D eigenvalue weighted by Gasteiger charge is -2.19. The lowest BCUT2D eigenvalue weighted by atomic mass is 10.2. The van der Waals surface area contributed by atoms with E-state index in [9.17, 15) is 17.2 Å². The average Bonchev–Trinajstić information content (AvgIpc) is 2.58. The molecule has 5 N–H and O–H groups in total. The molecule has 0 unspecified atom stereocenters. The molecule has 0 saturated heterocycles. The fourth-order valence-corrected chi connectivity index (χ4v) is 3.30. The van der Waals surface area contributed by atoms with Crippen LogP contribution in [0.4, 0.5) is 20.2 Å². The van der Waals surface area contributed by atoms with Crippen molar-refractivity contribution in [3.63, 3.8) is 0 Å². The Bertz CT molecular complexity index is 911. The van der Waals surface area contributed by atoms with E-state index in [2.05, 4.69) is 9.71 Å². The first-order chi connectivity index (χ1) is 12.2. The monoisotopic (exact) mass is 385 g/mol. The molecule has 1 aromatic heterocycles. The molecule has 1 heterocycles. The van der Waals surface area contributed by atoms with Crippen molar-refractivity contribution in [1.29, 1.82) is 0 Å². The molecule has 0 radical (unpaired) electrons. The third-order valence-electron chi connectivity index (χ3n) is 3.34. The summed E-state index contributed by atoms with van der Waals surface area (Å²) < 4.78 is 54.5. The van der Waals surface area contributed by atoms with Gasteiger partial charge in [-0.15, -0.1) is 0 Å². The first-order valence-corrected chi connectivity index (χ1v) is 9.30. The van der Waals surface area contributed by atoms with Crippen molar-refractivity contribution >= 4 is 27.1 Å². The van der Waals surface area contributed by atoms with Crippen molar-refractivity contribution in [3.05, 3.63) is 60.1 Å². The number of hydrazine groups is 1. The fourth-order valence-electron chi connectivity index (χ4n) is 2.17. The highest BCUT2D eigenvalue weighted by atomic mass is 32.2. The van der Waals surface area contributed by atoms with Crippen molar-refractivity contribution in [3.8, 4) is 0 Å². The minimum absolute atomic E-state index is 0. The molecule has 1 aromatic carbocycles. The smallest absolute Gasteiger partial charge is 0.232 e. The second-order valence-corrected chi connectivity index (χ2v) is 7.25. The van der Waals surface area contributed by atoms with E-state index in [1.165, 1.54) is 6.20 Å². The molecule has 0 spiro atoms. The molecule has 0 aliphatic rings. The molecular formula is C16H21F2N5O2S. The first-order valence-electron chi connectivity index (χ1n) is 7.65. The SMILES string of the molecule is CCCS(=O)(=O)Nc1ccc(F)c(N(N)/C=C(\N)c2cccnc2)c1F.[HH]. The Morgan fingerprint density at radius 2 is 2.12 bits per heavy atom. The van der Waals surface area contributed by atoms with Gasteiger partial charge in [0.05, 0.1) is 17.1 Å². The van der Waals surface area contributed by atoms with Crippen LogP contribution in [0.5, 0.6) is 0 Å². The number of anilines is 2. The summed E-state index contributed by atoms with van der Waals surface area (Å²) in [5.74, 6) is 3.41. The number of nitrogens with zero attached hydrogens (tertiary/aromatic N) is 2. The number of sulfonamides is 1. The van der Waals surface area contributed by atoms with Crippen LogP contribution in [-0.2, 0) is 10.0 Å². The first kappa shape index (κ1) is 19.6. The summed E-state index contributed by atoms with van der Waals surface area (Å²) in [6, 6.07) is 5.19. The molecule has 7 nitrogen and oxygen atoms in total. The van der Waals surface area contributed by atoms with E-state index in [0.29, 0.717) is 17.0 Å². The van der Waals surface area contributed by atoms with Crippen LogP contribution in [-0.4, -0.2) is 19.2 Å². The van der Waals surface area contributed by atoms with Crippen LogP contribution in [0.1, 0.15) is 20.3 Å². The van der Waals surface area contributed by atoms with Crippen molar-refractivity contribution in [2.45, 2.75) is 13.3 Å². The van der Waals surface area contributed by atoms with Crippen molar-refractivity contribution in [2.75, 3.05) is 15.5 Å². The minimum Gasteiger partial charge on any atom is -0.397 e. The number of pyridine rings is 1. The van der Waals surface area contributed by atoms with Gasteiger partial charge in [-0.1, -0.05) is 6.92 Å². The van der Waals surface area contributed by atoms with Crippen LogP contribution >= 0.6 is 0 Å². The van der Waals surface area contributed by atoms with Gasteiger partial charge in [-0.05, 0) is 30.7 Å². The second kappa shape index (κ2) is 8.11. The quantitative estimate of drug-likeness (QED) is 0.498. The third-order valence-corrected chi connectivity index (χ3v) is 4.81. The third kappa shape index (κ3) is 4.67. The Hall–Kier alpha value is -2.72. The number of hydrogen-bond donors (Lipinski definition) is 3. The molecule has 0 atom stereocenters. The van der Waals surface area contributed by atoms with Crippen LogP contribution in [0.3, 0.4) is 0 Å². The van der Waals surface area contributed by atoms with E-state index in [1.807, 2.05) is 0 Å². The fraction of sp³-hybridized carbons (Fsp3) is 0.188. The molecule has 26 heavy (non-hydrogen) atoms. The molecule has 0 fully saturated rings. The van der Waals surface area contributed by atoms with Crippen molar-refractivity contribution < 1.29 is 18.6 Å². The molecule has 0 saturated carbocycles. The lowest BCUT2D eigenvalue weighted by molar-refractivity contribution is 0.580. The number of nitrogens with one attached hydrogen (secondary N) is 1. The molecule has 0 bridgehead atoms. The number of rotatable bonds is 7. The van der Waals surface area contributed by atoms with Gasteiger partial charge in [0.2, 0.25) is 10.0 Å². The van der Waals surface area contributed by atoms with Gasteiger partial charge >= 0.3 is 0 Å². The van der Waals surface area contributed by atoms with Gasteiger partial charge in [-0.2, -0.15) is 0 Å². The summed E-state index contributed by atoms with van der Waals surface area (Å²) in [6.45, 7) is 1.67. The molecule has 10 heteroatoms. The predicted molar refractivity (Wildman–Crippen MR) is 99.2 cm³/mol. The Morgan fingerprint density at radius 1 is 1.38 bits per heavy atom. The van der Waals surface area contributed by atoms with Gasteiger partial charge in [-0.25, -0.2) is 23.0 Å². The average molecular weight is 385 g/mol. The van der Waals surface area contributed by atoms with E-state index in [4.69, 9.17) is 11.6 Å². The Balaban J connectivity index is 0.00000364. The van der Waals surface area contributed by atoms with Crippen LogP contribution in [0, 0.1) is 11.6 Å². The molecule has 0 amide bonds. The number of benzene rings is 1. The maximum absolute atomic E-state index is 14.6. The standard InChI is InChI=1S/C16H19F2N5O2S.H2/c1-2-8-26(24,25)22-14-6-5-12(17)16(15(14)18)23(20)10-13(19)11-4-3-7-21-9-11;/h3-7,9-10,22H,2,8,19-20H2,1H3;1H/b13-10-;. The summed E-state index contributed by atoms with van der Waals surface area (Å²) >= 11 is 0. The molecule has 2 aromatic rings. The van der Waals surface area contributed by atoms with E-state index >= 15 is 0 Å². The van der Waals surface area contributed by atoms with Gasteiger partial charge in [0.15, 0.2) is 11.6 Å². The minimum atomic E-state index is -3.75. The van der Waals surface area contributed by atoms with Crippen LogP contribution in [0.2, 0.25) is 0 Å². The maximum Gasteiger partial charge on any atom is 0.232 e. The van der Waals surface area contributed by atoms with Gasteiger partial charge in [0.25, 0.3) is 0 Å². The Labute approximate surface area is 151 Å².